The van der Waals surface area contributed by atoms with Crippen molar-refractivity contribution in [1.82, 2.24) is 0 Å². The zero-order valence-corrected chi connectivity index (χ0v) is 17.3. The number of hydrogen-bond donors (Lipinski definition) is 2. The maximum absolute atomic E-state index is 10.8. The van der Waals surface area contributed by atoms with Gasteiger partial charge in [-0.15, -0.1) is 0 Å². The van der Waals surface area contributed by atoms with Crippen molar-refractivity contribution in [3.63, 3.8) is 0 Å². The van der Waals surface area contributed by atoms with E-state index in [0.29, 0.717) is 0 Å². The molecule has 0 radical (unpaired) electrons. The van der Waals surface area contributed by atoms with Crippen LogP contribution in [0.15, 0.2) is 70.7 Å². The Kier molecular flexibility index (Phi) is 6.97. The van der Waals surface area contributed by atoms with Crippen LogP contribution in [-0.2, 0) is 0 Å². The Bertz CT molecular complexity index is 1060. The summed E-state index contributed by atoms with van der Waals surface area (Å²) in [6, 6.07) is 14.2. The summed E-state index contributed by atoms with van der Waals surface area (Å²) in [5, 5.41) is 10.8. The summed E-state index contributed by atoms with van der Waals surface area (Å²) in [5.74, 6) is 0.445. The number of nitrogens with two attached hydrogens (primary N) is 2. The number of non-ortho nitro benzene ring substituents is 1. The average molecular weight is 426 g/mol. The molecular formula is C21H22ClN6O2-. The Morgan fingerprint density at radius 3 is 2.23 bits per heavy atom. The number of hydrogen-bond acceptors (Lipinski definition) is 7. The topological polar surface area (TPSA) is 123 Å². The minimum absolute atomic E-state index is 0. The zero-order chi connectivity index (χ0) is 21.0. The molecule has 156 valence electrons. The van der Waals surface area contributed by atoms with Gasteiger partial charge in [0.05, 0.1) is 4.92 Å². The maximum Gasteiger partial charge on any atom is 0.270 e. The fourth-order valence-corrected chi connectivity index (χ4v) is 3.09. The van der Waals surface area contributed by atoms with Crippen molar-refractivity contribution >= 4 is 35.4 Å². The van der Waals surface area contributed by atoms with Crippen LogP contribution >= 0.6 is 0 Å². The molecule has 30 heavy (non-hydrogen) atoms. The molecule has 1 heterocycles. The number of guanidine groups is 2. The Labute approximate surface area is 180 Å². The molecule has 0 aliphatic carbocycles. The first-order chi connectivity index (χ1) is 13.8. The molecule has 0 aromatic heterocycles. The van der Waals surface area contributed by atoms with Gasteiger partial charge in [0.2, 0.25) is 11.9 Å². The molecule has 3 rings (SSSR count). The van der Waals surface area contributed by atoms with Crippen LogP contribution < -0.4 is 28.8 Å². The molecule has 0 atom stereocenters. The van der Waals surface area contributed by atoms with Crippen molar-refractivity contribution in [2.24, 2.45) is 21.5 Å². The third-order valence-electron chi connectivity index (χ3n) is 4.29. The number of halogens is 1. The lowest BCUT2D eigenvalue weighted by Gasteiger charge is -2.38. The first-order valence-electron chi connectivity index (χ1n) is 8.95. The van der Waals surface area contributed by atoms with Crippen LogP contribution in [0, 0.1) is 10.1 Å². The molecule has 0 saturated carbocycles. The number of anilines is 1. The van der Waals surface area contributed by atoms with Gasteiger partial charge in [-0.05, 0) is 37.1 Å². The largest absolute Gasteiger partial charge is 1.00 e. The summed E-state index contributed by atoms with van der Waals surface area (Å²) >= 11 is 0. The molecule has 2 aromatic carbocycles. The van der Waals surface area contributed by atoms with E-state index in [0.717, 1.165) is 16.8 Å². The van der Waals surface area contributed by atoms with Gasteiger partial charge in [-0.2, -0.15) is 4.99 Å². The highest BCUT2D eigenvalue weighted by Crippen LogP contribution is 2.28. The van der Waals surface area contributed by atoms with Crippen LogP contribution in [0.25, 0.3) is 12.2 Å². The molecule has 0 fully saturated rings. The number of allylic oxidation sites excluding steroid dienone is 2. The van der Waals surface area contributed by atoms with E-state index < -0.39 is 10.6 Å². The Balaban J connectivity index is 0.00000320. The predicted octanol–water partition coefficient (Wildman–Crippen LogP) is 0.511. The van der Waals surface area contributed by atoms with E-state index in [4.69, 9.17) is 11.5 Å². The summed E-state index contributed by atoms with van der Waals surface area (Å²) in [4.78, 5) is 20.7. The molecule has 1 aliphatic heterocycles. The number of aliphatic imine (C=N–C) groups is 2. The summed E-state index contributed by atoms with van der Waals surface area (Å²) in [6.07, 6.45) is 7.44. The molecule has 0 spiro atoms. The first-order valence-corrected chi connectivity index (χ1v) is 8.95. The second kappa shape index (κ2) is 9.23. The van der Waals surface area contributed by atoms with Crippen LogP contribution in [-0.4, -0.2) is 22.5 Å². The highest BCUT2D eigenvalue weighted by Gasteiger charge is 2.32. The summed E-state index contributed by atoms with van der Waals surface area (Å²) in [5.41, 5.74) is 13.8. The van der Waals surface area contributed by atoms with Crippen LogP contribution in [0.5, 0.6) is 0 Å². The smallest absolute Gasteiger partial charge is 0.270 e. The van der Waals surface area contributed by atoms with Crippen LogP contribution in [0.2, 0.25) is 0 Å². The molecule has 0 amide bonds. The molecule has 8 nitrogen and oxygen atoms in total. The van der Waals surface area contributed by atoms with Gasteiger partial charge in [-0.3, -0.25) is 15.0 Å². The molecule has 4 N–H and O–H groups in total. The van der Waals surface area contributed by atoms with Gasteiger partial charge in [0.25, 0.3) is 5.69 Å². The Hall–Kier alpha value is -3.65. The second-order valence-electron chi connectivity index (χ2n) is 6.94. The van der Waals surface area contributed by atoms with Crippen LogP contribution in [0.4, 0.5) is 11.4 Å². The minimum atomic E-state index is -0.653. The van der Waals surface area contributed by atoms with Crippen LogP contribution in [0.3, 0.4) is 0 Å². The molecule has 0 unspecified atom stereocenters. The molecular weight excluding hydrogens is 404 g/mol. The standard InChI is InChI=1S/C21H22N6O2.ClH/c1-21(2)25-19(22)24-20(23)26(21)17-11-5-9-15(13-17)7-3-4-8-16-10-6-12-18(14-16)27(28)29;/h3-14H,1-2H3,(H4,22,23,24,25);1H/p-1/b7-3+,8-4+;. The number of nitrogens with zero attached hydrogens (tertiary/aromatic N) is 4. The van der Waals surface area contributed by atoms with Gasteiger partial charge in [0, 0.05) is 17.8 Å². The SMILES string of the molecule is CC1(C)N=C(N)N=C(N)N1c1cccc(/C=C/C=C/c2cccc([N+](=O)[O-])c2)c1.[Cl-]. The van der Waals surface area contributed by atoms with Gasteiger partial charge < -0.3 is 23.9 Å². The highest BCUT2D eigenvalue weighted by molar-refractivity contribution is 6.05. The van der Waals surface area contributed by atoms with Crippen molar-refractivity contribution in [3.05, 3.63) is 81.9 Å². The fourth-order valence-electron chi connectivity index (χ4n) is 3.09. The monoisotopic (exact) mass is 425 g/mol. The lowest BCUT2D eigenvalue weighted by Crippen LogP contribution is -3.00. The van der Waals surface area contributed by atoms with E-state index in [1.54, 1.807) is 6.07 Å². The van der Waals surface area contributed by atoms with Crippen molar-refractivity contribution in [3.8, 4) is 0 Å². The number of nitro groups is 1. The molecule has 1 aliphatic rings. The van der Waals surface area contributed by atoms with E-state index in [2.05, 4.69) is 9.98 Å². The summed E-state index contributed by atoms with van der Waals surface area (Å²) in [6.45, 7) is 3.82. The number of nitro benzene ring substituents is 1. The van der Waals surface area contributed by atoms with Crippen molar-refractivity contribution in [1.29, 1.82) is 0 Å². The fraction of sp³-hybridized carbons (Fsp3) is 0.143. The first kappa shape index (κ1) is 22.6. The van der Waals surface area contributed by atoms with E-state index >= 15 is 0 Å². The lowest BCUT2D eigenvalue weighted by atomic mass is 10.1. The number of rotatable bonds is 5. The van der Waals surface area contributed by atoms with Gasteiger partial charge in [0.15, 0.2) is 0 Å². The normalized spacial score (nSPS) is 15.6. The van der Waals surface area contributed by atoms with Crippen molar-refractivity contribution in [2.45, 2.75) is 19.5 Å². The number of benzene rings is 2. The highest BCUT2D eigenvalue weighted by atomic mass is 35.5. The molecule has 9 heteroatoms. The van der Waals surface area contributed by atoms with Gasteiger partial charge in [-0.25, -0.2) is 4.99 Å². The third kappa shape index (κ3) is 5.24. The quantitative estimate of drug-likeness (QED) is 0.410. The van der Waals surface area contributed by atoms with E-state index in [-0.39, 0.29) is 30.0 Å². The Morgan fingerprint density at radius 2 is 1.63 bits per heavy atom. The van der Waals surface area contributed by atoms with E-state index in [1.807, 2.05) is 73.4 Å². The summed E-state index contributed by atoms with van der Waals surface area (Å²) < 4.78 is 0. The van der Waals surface area contributed by atoms with E-state index in [1.165, 1.54) is 12.1 Å². The summed E-state index contributed by atoms with van der Waals surface area (Å²) in [7, 11) is 0. The molecule has 0 bridgehead atoms. The lowest BCUT2D eigenvalue weighted by molar-refractivity contribution is -0.384. The maximum atomic E-state index is 10.8. The van der Waals surface area contributed by atoms with Gasteiger partial charge >= 0.3 is 0 Å². The van der Waals surface area contributed by atoms with E-state index in [9.17, 15) is 10.1 Å². The van der Waals surface area contributed by atoms with Gasteiger partial charge in [-0.1, -0.05) is 48.6 Å². The second-order valence-corrected chi connectivity index (χ2v) is 6.94. The minimum Gasteiger partial charge on any atom is -1.00 e. The van der Waals surface area contributed by atoms with Gasteiger partial charge in [0.1, 0.15) is 5.66 Å². The molecule has 0 saturated heterocycles. The molecule has 2 aromatic rings. The zero-order valence-electron chi connectivity index (χ0n) is 16.6. The average Bonchev–Trinajstić information content (AvgIpc) is 2.64. The van der Waals surface area contributed by atoms with Crippen molar-refractivity contribution in [2.75, 3.05) is 4.90 Å². The third-order valence-corrected chi connectivity index (χ3v) is 4.29. The Morgan fingerprint density at radius 1 is 1.03 bits per heavy atom. The van der Waals surface area contributed by atoms with Crippen LogP contribution in [0.1, 0.15) is 25.0 Å². The predicted molar refractivity (Wildman–Crippen MR) is 117 cm³/mol. The van der Waals surface area contributed by atoms with Crippen molar-refractivity contribution < 1.29 is 17.3 Å².